The first-order valence-corrected chi connectivity index (χ1v) is 6.48. The van der Waals surface area contributed by atoms with Crippen molar-refractivity contribution in [2.24, 2.45) is 0 Å². The Labute approximate surface area is 124 Å². The molecular weight excluding hydrogens is 270 g/mol. The molecule has 1 aromatic carbocycles. The molecule has 0 saturated heterocycles. The highest BCUT2D eigenvalue weighted by molar-refractivity contribution is 5.39. The second-order valence-corrected chi connectivity index (χ2v) is 4.40. The van der Waals surface area contributed by atoms with E-state index < -0.39 is 0 Å². The molecule has 1 N–H and O–H groups in total. The Morgan fingerprint density at radius 2 is 1.95 bits per heavy atom. The molecule has 0 spiro atoms. The van der Waals surface area contributed by atoms with Crippen molar-refractivity contribution in [1.29, 1.82) is 0 Å². The van der Waals surface area contributed by atoms with Gasteiger partial charge in [0.05, 0.1) is 14.2 Å². The van der Waals surface area contributed by atoms with Gasteiger partial charge in [0, 0.05) is 20.6 Å². The lowest BCUT2D eigenvalue weighted by Crippen LogP contribution is -2.20. The standard InChI is InChI=1S/C14H19N5O2/c1-15-12-16-13(18-14(17-12)21-4)19(2)9-10-6-5-7-11(8-10)20-3/h5-8H,9H2,1-4H3,(H,15,16,17,18). The second-order valence-electron chi connectivity index (χ2n) is 4.40. The SMILES string of the molecule is CNc1nc(OC)nc(N(C)Cc2cccc(OC)c2)n1. The van der Waals surface area contributed by atoms with Crippen LogP contribution in [0, 0.1) is 0 Å². The highest BCUT2D eigenvalue weighted by Crippen LogP contribution is 2.18. The lowest BCUT2D eigenvalue weighted by Gasteiger charge is -2.18. The van der Waals surface area contributed by atoms with Crippen molar-refractivity contribution >= 4 is 11.9 Å². The molecule has 1 heterocycles. The topological polar surface area (TPSA) is 72.4 Å². The zero-order valence-corrected chi connectivity index (χ0v) is 12.6. The molecule has 0 saturated carbocycles. The Bertz CT molecular complexity index is 583. The number of hydrogen-bond acceptors (Lipinski definition) is 7. The van der Waals surface area contributed by atoms with E-state index in [1.807, 2.05) is 36.2 Å². The molecule has 2 rings (SSSR count). The van der Waals surface area contributed by atoms with Crippen LogP contribution in [0.4, 0.5) is 11.9 Å². The maximum atomic E-state index is 5.23. The third-order valence-corrected chi connectivity index (χ3v) is 2.90. The van der Waals surface area contributed by atoms with Gasteiger partial charge in [-0.25, -0.2) is 0 Å². The second kappa shape index (κ2) is 6.74. The van der Waals surface area contributed by atoms with E-state index in [4.69, 9.17) is 9.47 Å². The quantitative estimate of drug-likeness (QED) is 0.865. The van der Waals surface area contributed by atoms with Crippen molar-refractivity contribution in [2.75, 3.05) is 38.5 Å². The van der Waals surface area contributed by atoms with Gasteiger partial charge in [0.15, 0.2) is 0 Å². The fourth-order valence-electron chi connectivity index (χ4n) is 1.84. The van der Waals surface area contributed by atoms with E-state index in [2.05, 4.69) is 20.3 Å². The number of methoxy groups -OCH3 is 2. The van der Waals surface area contributed by atoms with Crippen molar-refractivity contribution in [3.63, 3.8) is 0 Å². The maximum Gasteiger partial charge on any atom is 0.322 e. The van der Waals surface area contributed by atoms with Crippen LogP contribution >= 0.6 is 0 Å². The molecule has 0 unspecified atom stereocenters. The van der Waals surface area contributed by atoms with Crippen LogP contribution in [0.5, 0.6) is 11.8 Å². The van der Waals surface area contributed by atoms with Gasteiger partial charge in [-0.15, -0.1) is 0 Å². The van der Waals surface area contributed by atoms with Gasteiger partial charge in [0.25, 0.3) is 0 Å². The summed E-state index contributed by atoms with van der Waals surface area (Å²) < 4.78 is 10.3. The third-order valence-electron chi connectivity index (χ3n) is 2.90. The smallest absolute Gasteiger partial charge is 0.322 e. The van der Waals surface area contributed by atoms with Gasteiger partial charge >= 0.3 is 6.01 Å². The maximum absolute atomic E-state index is 5.23. The number of rotatable bonds is 6. The molecule has 2 aromatic rings. The summed E-state index contributed by atoms with van der Waals surface area (Å²) in [7, 11) is 6.84. The fourth-order valence-corrected chi connectivity index (χ4v) is 1.84. The van der Waals surface area contributed by atoms with E-state index in [0.717, 1.165) is 11.3 Å². The van der Waals surface area contributed by atoms with Crippen LogP contribution in [-0.4, -0.2) is 43.3 Å². The number of ether oxygens (including phenoxy) is 2. The van der Waals surface area contributed by atoms with Crippen LogP contribution < -0.4 is 19.7 Å². The Hall–Kier alpha value is -2.57. The zero-order chi connectivity index (χ0) is 15.2. The molecule has 0 bridgehead atoms. The summed E-state index contributed by atoms with van der Waals surface area (Å²) in [5.74, 6) is 1.83. The minimum absolute atomic E-state index is 0.279. The van der Waals surface area contributed by atoms with E-state index in [1.165, 1.54) is 7.11 Å². The van der Waals surface area contributed by atoms with Gasteiger partial charge in [0.1, 0.15) is 5.75 Å². The number of nitrogens with one attached hydrogen (secondary N) is 1. The number of hydrogen-bond donors (Lipinski definition) is 1. The minimum Gasteiger partial charge on any atom is -0.497 e. The summed E-state index contributed by atoms with van der Waals surface area (Å²) >= 11 is 0. The number of aromatic nitrogens is 3. The van der Waals surface area contributed by atoms with E-state index >= 15 is 0 Å². The van der Waals surface area contributed by atoms with Crippen LogP contribution in [0.3, 0.4) is 0 Å². The fraction of sp³-hybridized carbons (Fsp3) is 0.357. The Balaban J connectivity index is 2.20. The van der Waals surface area contributed by atoms with Crippen LogP contribution in [0.15, 0.2) is 24.3 Å². The number of benzene rings is 1. The molecule has 0 aliphatic carbocycles. The van der Waals surface area contributed by atoms with Crippen molar-refractivity contribution in [3.05, 3.63) is 29.8 Å². The highest BCUT2D eigenvalue weighted by Gasteiger charge is 2.11. The normalized spacial score (nSPS) is 10.1. The van der Waals surface area contributed by atoms with Crippen LogP contribution in [0.2, 0.25) is 0 Å². The molecule has 0 fully saturated rings. The number of nitrogens with zero attached hydrogens (tertiary/aromatic N) is 4. The third kappa shape index (κ3) is 3.71. The van der Waals surface area contributed by atoms with E-state index in [-0.39, 0.29) is 6.01 Å². The van der Waals surface area contributed by atoms with Gasteiger partial charge in [0.2, 0.25) is 11.9 Å². The molecule has 1 aromatic heterocycles. The molecule has 0 amide bonds. The van der Waals surface area contributed by atoms with E-state index in [0.29, 0.717) is 18.4 Å². The molecule has 0 atom stereocenters. The zero-order valence-electron chi connectivity index (χ0n) is 12.6. The average Bonchev–Trinajstić information content (AvgIpc) is 2.54. The first kappa shape index (κ1) is 14.8. The summed E-state index contributed by atoms with van der Waals surface area (Å²) in [4.78, 5) is 14.6. The molecular formula is C14H19N5O2. The summed E-state index contributed by atoms with van der Waals surface area (Å²) in [5, 5.41) is 2.89. The largest absolute Gasteiger partial charge is 0.497 e. The summed E-state index contributed by atoms with van der Waals surface area (Å²) in [6.45, 7) is 0.646. The van der Waals surface area contributed by atoms with E-state index in [1.54, 1.807) is 14.2 Å². The Morgan fingerprint density at radius 3 is 2.62 bits per heavy atom. The van der Waals surface area contributed by atoms with Gasteiger partial charge in [-0.05, 0) is 17.7 Å². The Morgan fingerprint density at radius 1 is 1.14 bits per heavy atom. The Kier molecular flexibility index (Phi) is 4.76. The van der Waals surface area contributed by atoms with Crippen molar-refractivity contribution in [3.8, 4) is 11.8 Å². The highest BCUT2D eigenvalue weighted by atomic mass is 16.5. The molecule has 7 heteroatoms. The molecule has 7 nitrogen and oxygen atoms in total. The van der Waals surface area contributed by atoms with Gasteiger partial charge < -0.3 is 19.7 Å². The summed E-state index contributed by atoms with van der Waals surface area (Å²) in [5.41, 5.74) is 1.10. The predicted molar refractivity (Wildman–Crippen MR) is 81.0 cm³/mol. The lowest BCUT2D eigenvalue weighted by molar-refractivity contribution is 0.379. The molecule has 112 valence electrons. The van der Waals surface area contributed by atoms with Gasteiger partial charge in [-0.3, -0.25) is 0 Å². The molecule has 21 heavy (non-hydrogen) atoms. The lowest BCUT2D eigenvalue weighted by atomic mass is 10.2. The van der Waals surface area contributed by atoms with Crippen molar-refractivity contribution < 1.29 is 9.47 Å². The first-order valence-electron chi connectivity index (χ1n) is 6.48. The van der Waals surface area contributed by atoms with Gasteiger partial charge in [-0.2, -0.15) is 15.0 Å². The molecule has 0 aliphatic rings. The average molecular weight is 289 g/mol. The minimum atomic E-state index is 0.279. The van der Waals surface area contributed by atoms with Crippen molar-refractivity contribution in [2.45, 2.75) is 6.54 Å². The monoisotopic (exact) mass is 289 g/mol. The summed E-state index contributed by atoms with van der Waals surface area (Å²) in [6, 6.07) is 8.15. The first-order chi connectivity index (χ1) is 10.2. The van der Waals surface area contributed by atoms with Crippen LogP contribution in [-0.2, 0) is 6.54 Å². The summed E-state index contributed by atoms with van der Waals surface area (Å²) in [6.07, 6.45) is 0. The van der Waals surface area contributed by atoms with Crippen molar-refractivity contribution in [1.82, 2.24) is 15.0 Å². The van der Waals surface area contributed by atoms with E-state index in [9.17, 15) is 0 Å². The van der Waals surface area contributed by atoms with Gasteiger partial charge in [-0.1, -0.05) is 12.1 Å². The molecule has 0 aliphatic heterocycles. The number of anilines is 2. The van der Waals surface area contributed by atoms with Crippen LogP contribution in [0.1, 0.15) is 5.56 Å². The molecule has 0 radical (unpaired) electrons. The predicted octanol–water partition coefficient (Wildman–Crippen LogP) is 1.57. The van der Waals surface area contributed by atoms with Crippen LogP contribution in [0.25, 0.3) is 0 Å².